The summed E-state index contributed by atoms with van der Waals surface area (Å²) in [6.07, 6.45) is 0.866. The molecule has 8 heteroatoms. The Balaban J connectivity index is 2.18. The van der Waals surface area contributed by atoms with Gasteiger partial charge < -0.3 is 15.6 Å². The molecule has 110 valence electrons. The molecule has 1 saturated heterocycles. The van der Waals surface area contributed by atoms with E-state index >= 15 is 0 Å². The molecule has 0 aliphatic carbocycles. The molecule has 0 atom stereocenters. The first kappa shape index (κ1) is 14.6. The van der Waals surface area contributed by atoms with Crippen LogP contribution in [0.4, 0.5) is 11.4 Å². The van der Waals surface area contributed by atoms with Crippen molar-refractivity contribution >= 4 is 27.4 Å². The lowest BCUT2D eigenvalue weighted by Crippen LogP contribution is -2.33. The maximum absolute atomic E-state index is 12.2. The number of nitrogens with two attached hydrogens (primary N) is 1. The van der Waals surface area contributed by atoms with Gasteiger partial charge in [-0.15, -0.1) is 0 Å². The highest BCUT2D eigenvalue weighted by atomic mass is 32.2. The summed E-state index contributed by atoms with van der Waals surface area (Å²) >= 11 is 0. The SMILES string of the molecule is Nc1cc(C(=O)O)ccc1NS(=O)(=O)C1CCOCC1. The van der Waals surface area contributed by atoms with Crippen molar-refractivity contribution in [1.82, 2.24) is 0 Å². The zero-order valence-electron chi connectivity index (χ0n) is 10.7. The molecular weight excluding hydrogens is 284 g/mol. The number of carbonyl (C=O) groups is 1. The quantitative estimate of drug-likeness (QED) is 0.710. The van der Waals surface area contributed by atoms with Gasteiger partial charge in [0, 0.05) is 13.2 Å². The Hall–Kier alpha value is -1.80. The minimum Gasteiger partial charge on any atom is -0.478 e. The van der Waals surface area contributed by atoms with Crippen molar-refractivity contribution in [1.29, 1.82) is 0 Å². The van der Waals surface area contributed by atoms with Gasteiger partial charge in [-0.1, -0.05) is 0 Å². The first-order valence-electron chi connectivity index (χ1n) is 6.12. The van der Waals surface area contributed by atoms with Gasteiger partial charge in [0.05, 0.1) is 22.2 Å². The normalized spacial score (nSPS) is 16.8. The number of ether oxygens (including phenoxy) is 1. The minimum atomic E-state index is -3.55. The Morgan fingerprint density at radius 1 is 1.35 bits per heavy atom. The molecule has 0 saturated carbocycles. The monoisotopic (exact) mass is 300 g/mol. The molecule has 1 aromatic rings. The summed E-state index contributed by atoms with van der Waals surface area (Å²) in [6, 6.07) is 3.89. The van der Waals surface area contributed by atoms with E-state index in [0.29, 0.717) is 26.1 Å². The van der Waals surface area contributed by atoms with Crippen molar-refractivity contribution in [2.75, 3.05) is 23.7 Å². The number of rotatable bonds is 4. The fourth-order valence-corrected chi connectivity index (χ4v) is 3.48. The second-order valence-corrected chi connectivity index (χ2v) is 6.53. The van der Waals surface area contributed by atoms with Gasteiger partial charge in [0.15, 0.2) is 0 Å². The van der Waals surface area contributed by atoms with E-state index in [-0.39, 0.29) is 16.9 Å². The standard InChI is InChI=1S/C12H16N2O5S/c13-10-7-8(12(15)16)1-2-11(10)14-20(17,18)9-3-5-19-6-4-9/h1-2,7,9,14H,3-6,13H2,(H,15,16). The van der Waals surface area contributed by atoms with Gasteiger partial charge in [-0.05, 0) is 31.0 Å². The van der Waals surface area contributed by atoms with E-state index < -0.39 is 21.2 Å². The molecule has 7 nitrogen and oxygen atoms in total. The maximum atomic E-state index is 12.2. The Kier molecular flexibility index (Phi) is 4.15. The second kappa shape index (κ2) is 5.68. The van der Waals surface area contributed by atoms with Gasteiger partial charge in [-0.25, -0.2) is 13.2 Å². The van der Waals surface area contributed by atoms with E-state index in [9.17, 15) is 13.2 Å². The van der Waals surface area contributed by atoms with Crippen LogP contribution in [0.25, 0.3) is 0 Å². The Labute approximate surface area is 116 Å². The van der Waals surface area contributed by atoms with Crippen LogP contribution in [0.15, 0.2) is 18.2 Å². The Bertz CT molecular complexity index is 608. The predicted molar refractivity (Wildman–Crippen MR) is 74.2 cm³/mol. The van der Waals surface area contributed by atoms with Gasteiger partial charge in [0.2, 0.25) is 10.0 Å². The second-order valence-electron chi connectivity index (χ2n) is 4.57. The van der Waals surface area contributed by atoms with Crippen LogP contribution in [0.2, 0.25) is 0 Å². The molecule has 1 fully saturated rings. The summed E-state index contributed by atoms with van der Waals surface area (Å²) < 4.78 is 31.9. The summed E-state index contributed by atoms with van der Waals surface area (Å²) in [7, 11) is -3.55. The van der Waals surface area contributed by atoms with Crippen LogP contribution in [0, 0.1) is 0 Å². The summed E-state index contributed by atoms with van der Waals surface area (Å²) in [6.45, 7) is 0.831. The van der Waals surface area contributed by atoms with Crippen LogP contribution in [0.1, 0.15) is 23.2 Å². The summed E-state index contributed by atoms with van der Waals surface area (Å²) in [5.74, 6) is -1.12. The maximum Gasteiger partial charge on any atom is 0.335 e. The summed E-state index contributed by atoms with van der Waals surface area (Å²) in [5.41, 5.74) is 5.97. The van der Waals surface area contributed by atoms with Crippen molar-refractivity contribution in [3.05, 3.63) is 23.8 Å². The van der Waals surface area contributed by atoms with E-state index in [1.165, 1.54) is 18.2 Å². The third kappa shape index (κ3) is 3.20. The fraction of sp³-hybridized carbons (Fsp3) is 0.417. The largest absolute Gasteiger partial charge is 0.478 e. The minimum absolute atomic E-state index is 0.0107. The molecule has 20 heavy (non-hydrogen) atoms. The van der Waals surface area contributed by atoms with Crippen molar-refractivity contribution in [2.24, 2.45) is 0 Å². The summed E-state index contributed by atoms with van der Waals surface area (Å²) in [4.78, 5) is 10.8. The number of anilines is 2. The van der Waals surface area contributed by atoms with E-state index in [1.54, 1.807) is 0 Å². The molecule has 1 aromatic carbocycles. The highest BCUT2D eigenvalue weighted by Gasteiger charge is 2.28. The molecule has 1 aliphatic rings. The van der Waals surface area contributed by atoms with Gasteiger partial charge in [-0.2, -0.15) is 0 Å². The van der Waals surface area contributed by atoms with E-state index in [2.05, 4.69) is 4.72 Å². The molecule has 0 bridgehead atoms. The van der Waals surface area contributed by atoms with Crippen molar-refractivity contribution in [2.45, 2.75) is 18.1 Å². The number of carboxylic acids is 1. The van der Waals surface area contributed by atoms with Gasteiger partial charge in [0.25, 0.3) is 0 Å². The molecule has 0 spiro atoms. The molecule has 2 rings (SSSR count). The lowest BCUT2D eigenvalue weighted by atomic mass is 10.2. The third-order valence-electron chi connectivity index (χ3n) is 3.16. The van der Waals surface area contributed by atoms with Gasteiger partial charge in [0.1, 0.15) is 0 Å². The number of hydrogen-bond acceptors (Lipinski definition) is 5. The summed E-state index contributed by atoms with van der Waals surface area (Å²) in [5, 5.41) is 8.31. The highest BCUT2D eigenvalue weighted by Crippen LogP contribution is 2.24. The Morgan fingerprint density at radius 3 is 2.55 bits per heavy atom. The number of nitrogens with one attached hydrogen (secondary N) is 1. The molecule has 4 N–H and O–H groups in total. The van der Waals surface area contributed by atoms with Crippen molar-refractivity contribution < 1.29 is 23.1 Å². The number of benzene rings is 1. The van der Waals surface area contributed by atoms with Crippen LogP contribution in [-0.4, -0.2) is 38.0 Å². The predicted octanol–water partition coefficient (Wildman–Crippen LogP) is 0.888. The van der Waals surface area contributed by atoms with Gasteiger partial charge >= 0.3 is 5.97 Å². The molecule has 0 unspecified atom stereocenters. The number of aromatic carboxylic acids is 1. The first-order valence-corrected chi connectivity index (χ1v) is 7.67. The third-order valence-corrected chi connectivity index (χ3v) is 5.01. The van der Waals surface area contributed by atoms with E-state index in [1.807, 2.05) is 0 Å². The number of carboxylic acid groups (broad SMARTS) is 1. The number of sulfonamides is 1. The first-order chi connectivity index (χ1) is 9.40. The van der Waals surface area contributed by atoms with Crippen LogP contribution >= 0.6 is 0 Å². The van der Waals surface area contributed by atoms with Crippen LogP contribution in [0.3, 0.4) is 0 Å². The molecule has 0 aromatic heterocycles. The van der Waals surface area contributed by atoms with E-state index in [4.69, 9.17) is 15.6 Å². The molecular formula is C12H16N2O5S. The fourth-order valence-electron chi connectivity index (χ4n) is 2.01. The smallest absolute Gasteiger partial charge is 0.335 e. The van der Waals surface area contributed by atoms with E-state index in [0.717, 1.165) is 0 Å². The molecule has 1 heterocycles. The molecule has 0 radical (unpaired) electrons. The lowest BCUT2D eigenvalue weighted by molar-refractivity contribution is 0.0697. The van der Waals surface area contributed by atoms with Crippen LogP contribution < -0.4 is 10.5 Å². The number of hydrogen-bond donors (Lipinski definition) is 3. The van der Waals surface area contributed by atoms with Gasteiger partial charge in [-0.3, -0.25) is 4.72 Å². The average molecular weight is 300 g/mol. The Morgan fingerprint density at radius 2 is 2.00 bits per heavy atom. The van der Waals surface area contributed by atoms with Crippen LogP contribution in [-0.2, 0) is 14.8 Å². The molecule has 1 aliphatic heterocycles. The van der Waals surface area contributed by atoms with Crippen molar-refractivity contribution in [3.8, 4) is 0 Å². The lowest BCUT2D eigenvalue weighted by Gasteiger charge is -2.23. The van der Waals surface area contributed by atoms with Crippen molar-refractivity contribution in [3.63, 3.8) is 0 Å². The average Bonchev–Trinajstić information content (AvgIpc) is 2.41. The van der Waals surface area contributed by atoms with Crippen LogP contribution in [0.5, 0.6) is 0 Å². The zero-order chi connectivity index (χ0) is 14.8. The topological polar surface area (TPSA) is 119 Å². The highest BCUT2D eigenvalue weighted by molar-refractivity contribution is 7.93. The number of nitrogen functional groups attached to an aromatic ring is 1. The zero-order valence-corrected chi connectivity index (χ0v) is 11.5. The molecule has 0 amide bonds.